The smallest absolute Gasteiger partial charge is 0.157 e. The monoisotopic (exact) mass is 654 g/mol. The summed E-state index contributed by atoms with van der Waals surface area (Å²) in [5.41, 5.74) is 18.4. The van der Waals surface area contributed by atoms with Crippen molar-refractivity contribution in [2.45, 2.75) is 12.0 Å². The van der Waals surface area contributed by atoms with Crippen LogP contribution in [-0.4, -0.2) is 11.7 Å². The number of amidine groups is 2. The normalized spacial score (nSPS) is 13.2. The van der Waals surface area contributed by atoms with Gasteiger partial charge in [-0.2, -0.15) is 5.26 Å². The van der Waals surface area contributed by atoms with Gasteiger partial charge < -0.3 is 5.73 Å². The van der Waals surface area contributed by atoms with Crippen LogP contribution in [0.5, 0.6) is 0 Å². The molecule has 4 nitrogen and oxygen atoms in total. The van der Waals surface area contributed by atoms with Crippen molar-refractivity contribution in [2.24, 2.45) is 15.7 Å². The van der Waals surface area contributed by atoms with Gasteiger partial charge in [-0.3, -0.25) is 4.99 Å². The third-order valence-corrected chi connectivity index (χ3v) is 9.68. The quantitative estimate of drug-likeness (QED) is 0.137. The fourth-order valence-corrected chi connectivity index (χ4v) is 7.30. The zero-order valence-corrected chi connectivity index (χ0v) is 27.9. The molecule has 0 radical (unpaired) electrons. The molecule has 0 fully saturated rings. The van der Waals surface area contributed by atoms with Crippen LogP contribution in [0.2, 0.25) is 0 Å². The first-order chi connectivity index (χ1) is 25.1. The van der Waals surface area contributed by atoms with E-state index in [2.05, 4.69) is 127 Å². The van der Waals surface area contributed by atoms with Crippen LogP contribution in [0.15, 0.2) is 192 Å². The summed E-state index contributed by atoms with van der Waals surface area (Å²) in [7, 11) is 0. The summed E-state index contributed by atoms with van der Waals surface area (Å²) in [6.45, 7) is 0.477. The number of hydrogen-bond acceptors (Lipinski definition) is 2. The van der Waals surface area contributed by atoms with Crippen LogP contribution < -0.4 is 5.73 Å². The van der Waals surface area contributed by atoms with E-state index < -0.39 is 5.41 Å². The molecule has 7 aromatic carbocycles. The van der Waals surface area contributed by atoms with Gasteiger partial charge in [-0.1, -0.05) is 158 Å². The summed E-state index contributed by atoms with van der Waals surface area (Å²) in [5, 5.41) is 10.0. The summed E-state index contributed by atoms with van der Waals surface area (Å²) in [6.07, 6.45) is 0. The Balaban J connectivity index is 1.29. The number of benzene rings is 7. The van der Waals surface area contributed by atoms with E-state index >= 15 is 0 Å². The lowest BCUT2D eigenvalue weighted by Crippen LogP contribution is -2.28. The molecule has 0 atom stereocenters. The Morgan fingerprint density at radius 3 is 1.75 bits per heavy atom. The molecule has 1 aliphatic carbocycles. The molecule has 0 aliphatic heterocycles. The first-order valence-electron chi connectivity index (χ1n) is 17.0. The highest BCUT2D eigenvalue weighted by Crippen LogP contribution is 2.56. The van der Waals surface area contributed by atoms with Crippen molar-refractivity contribution in [2.75, 3.05) is 0 Å². The van der Waals surface area contributed by atoms with Crippen LogP contribution in [0.4, 0.5) is 0 Å². The van der Waals surface area contributed by atoms with Crippen molar-refractivity contribution in [1.29, 1.82) is 5.26 Å². The van der Waals surface area contributed by atoms with Crippen LogP contribution in [0.1, 0.15) is 44.5 Å². The summed E-state index contributed by atoms with van der Waals surface area (Å²) in [5.74, 6) is 0.984. The van der Waals surface area contributed by atoms with Gasteiger partial charge in [0.25, 0.3) is 0 Å². The highest BCUT2D eigenvalue weighted by molar-refractivity contribution is 6.11. The third-order valence-electron chi connectivity index (χ3n) is 9.68. The van der Waals surface area contributed by atoms with Crippen LogP contribution in [-0.2, 0) is 12.0 Å². The molecule has 0 amide bonds. The molecule has 0 aromatic heterocycles. The van der Waals surface area contributed by atoms with Gasteiger partial charge in [0.2, 0.25) is 0 Å². The number of aliphatic imine (C=N–C) groups is 2. The van der Waals surface area contributed by atoms with Gasteiger partial charge in [0.05, 0.1) is 23.6 Å². The van der Waals surface area contributed by atoms with Gasteiger partial charge in [0.15, 0.2) is 5.84 Å². The average molecular weight is 655 g/mol. The molecule has 0 spiro atoms. The van der Waals surface area contributed by atoms with Crippen molar-refractivity contribution in [3.63, 3.8) is 0 Å². The van der Waals surface area contributed by atoms with Crippen LogP contribution in [0.25, 0.3) is 22.3 Å². The van der Waals surface area contributed by atoms with Gasteiger partial charge in [-0.15, -0.1) is 0 Å². The number of nitrogens with two attached hydrogens (primary N) is 1. The molecule has 0 heterocycles. The summed E-state index contributed by atoms with van der Waals surface area (Å²) in [4.78, 5) is 9.88. The van der Waals surface area contributed by atoms with Crippen molar-refractivity contribution in [3.05, 3.63) is 226 Å². The summed E-state index contributed by atoms with van der Waals surface area (Å²) < 4.78 is 0. The van der Waals surface area contributed by atoms with Gasteiger partial charge >= 0.3 is 0 Å². The number of hydrogen-bond donors (Lipinski definition) is 1. The minimum atomic E-state index is -0.621. The van der Waals surface area contributed by atoms with Crippen LogP contribution >= 0.6 is 0 Å². The van der Waals surface area contributed by atoms with E-state index in [1.165, 1.54) is 5.56 Å². The average Bonchev–Trinajstić information content (AvgIpc) is 3.50. The van der Waals surface area contributed by atoms with E-state index in [1.807, 2.05) is 60.7 Å². The summed E-state index contributed by atoms with van der Waals surface area (Å²) in [6, 6.07) is 64.8. The summed E-state index contributed by atoms with van der Waals surface area (Å²) >= 11 is 0. The topological polar surface area (TPSA) is 74.5 Å². The molecular weight excluding hydrogens is 621 g/mol. The van der Waals surface area contributed by atoms with Crippen LogP contribution in [0.3, 0.4) is 0 Å². The lowest BCUT2D eigenvalue weighted by molar-refractivity contribution is 0.768. The van der Waals surface area contributed by atoms with Crippen LogP contribution in [0, 0.1) is 11.3 Å². The number of fused-ring (bicyclic) bond motifs is 3. The predicted octanol–water partition coefficient (Wildman–Crippen LogP) is 9.94. The lowest BCUT2D eigenvalue weighted by Gasteiger charge is -2.34. The molecule has 7 aromatic rings. The Bertz CT molecular complexity index is 2400. The fraction of sp³-hybridized carbons (Fsp3) is 0.0426. The minimum Gasteiger partial charge on any atom is -0.383 e. The zero-order valence-electron chi connectivity index (χ0n) is 27.9. The van der Waals surface area contributed by atoms with Crippen molar-refractivity contribution in [3.8, 4) is 28.3 Å². The number of nitrogens with zero attached hydrogens (tertiary/aromatic N) is 3. The predicted molar refractivity (Wildman–Crippen MR) is 208 cm³/mol. The number of rotatable bonds is 7. The van der Waals surface area contributed by atoms with Gasteiger partial charge in [0, 0.05) is 11.1 Å². The molecule has 0 bridgehead atoms. The van der Waals surface area contributed by atoms with Crippen molar-refractivity contribution < 1.29 is 0 Å². The number of nitriles is 1. The minimum absolute atomic E-state index is 0.412. The van der Waals surface area contributed by atoms with Gasteiger partial charge in [-0.25, -0.2) is 4.99 Å². The molecule has 0 unspecified atom stereocenters. The van der Waals surface area contributed by atoms with Crippen molar-refractivity contribution in [1.82, 2.24) is 0 Å². The molecule has 4 heteroatoms. The van der Waals surface area contributed by atoms with E-state index in [-0.39, 0.29) is 0 Å². The van der Waals surface area contributed by atoms with Gasteiger partial charge in [0.1, 0.15) is 5.84 Å². The molecule has 51 heavy (non-hydrogen) atoms. The Kier molecular flexibility index (Phi) is 8.38. The lowest BCUT2D eigenvalue weighted by atomic mass is 9.67. The second-order valence-electron chi connectivity index (χ2n) is 12.7. The first kappa shape index (κ1) is 31.4. The largest absolute Gasteiger partial charge is 0.383 e. The third kappa shape index (κ3) is 5.82. The second-order valence-corrected chi connectivity index (χ2v) is 12.7. The molecule has 0 saturated heterocycles. The Hall–Kier alpha value is -6.83. The molecule has 242 valence electrons. The Labute approximate surface area is 298 Å². The SMILES string of the molecule is N#Cc1ccc2c(c1)C(c1ccccc1)(c1ccccc1)c1cc(-c3cccc(C(N=C(N)c4ccccc4)=NCc4ccccc4)c3)ccc1-2. The Morgan fingerprint density at radius 1 is 0.549 bits per heavy atom. The molecular formula is C47H34N4. The maximum atomic E-state index is 10.0. The molecule has 0 saturated carbocycles. The van der Waals surface area contributed by atoms with E-state index in [4.69, 9.17) is 15.7 Å². The van der Waals surface area contributed by atoms with E-state index in [0.717, 1.165) is 55.6 Å². The zero-order chi connectivity index (χ0) is 34.6. The van der Waals surface area contributed by atoms with Gasteiger partial charge in [-0.05, 0) is 74.3 Å². The Morgan fingerprint density at radius 2 is 1.10 bits per heavy atom. The molecule has 2 N–H and O–H groups in total. The molecule has 8 rings (SSSR count). The maximum Gasteiger partial charge on any atom is 0.157 e. The van der Waals surface area contributed by atoms with E-state index in [0.29, 0.717) is 23.8 Å². The highest BCUT2D eigenvalue weighted by Gasteiger charge is 2.46. The highest BCUT2D eigenvalue weighted by atomic mass is 15.0. The maximum absolute atomic E-state index is 10.0. The van der Waals surface area contributed by atoms with Crippen molar-refractivity contribution >= 4 is 11.7 Å². The second kappa shape index (κ2) is 13.6. The standard InChI is InChI=1S/C47H34N4/c48-31-34-24-26-41-42-27-25-37(30-44(42)47(43(41)28-34,39-20-9-3-10-21-39)40-22-11-4-12-23-40)36-18-13-19-38(29-36)46(50-32-33-14-5-1-6-15-33)51-45(49)35-16-7-2-8-17-35/h1-30H,32H2,(H2,49,50,51). The van der Waals surface area contributed by atoms with E-state index in [1.54, 1.807) is 0 Å². The first-order valence-corrected chi connectivity index (χ1v) is 17.0. The fourth-order valence-electron chi connectivity index (χ4n) is 7.30. The van der Waals surface area contributed by atoms with E-state index in [9.17, 15) is 5.26 Å². The molecule has 1 aliphatic rings.